The summed E-state index contributed by atoms with van der Waals surface area (Å²) >= 11 is 0. The molecule has 0 saturated heterocycles. The zero-order chi connectivity index (χ0) is 15.1. The summed E-state index contributed by atoms with van der Waals surface area (Å²) in [7, 11) is 1.94. The maximum absolute atomic E-state index is 6.12. The highest BCUT2D eigenvalue weighted by Crippen LogP contribution is 2.23. The van der Waals surface area contributed by atoms with Crippen LogP contribution in [0.1, 0.15) is 30.8 Å². The topological polar surface area (TPSA) is 79.5 Å². The number of hydrogen-bond donors (Lipinski definition) is 1. The fourth-order valence-electron chi connectivity index (χ4n) is 2.80. The summed E-state index contributed by atoms with van der Waals surface area (Å²) in [6.07, 6.45) is 2.95. The number of imidazole rings is 1. The molecule has 0 amide bonds. The van der Waals surface area contributed by atoms with Gasteiger partial charge >= 0.3 is 0 Å². The van der Waals surface area contributed by atoms with Crippen molar-refractivity contribution in [2.45, 2.75) is 40.3 Å². The zero-order valence-corrected chi connectivity index (χ0v) is 13.0. The molecule has 0 atom stereocenters. The Hall–Kier alpha value is -2.31. The maximum Gasteiger partial charge on any atom is 0.202 e. The van der Waals surface area contributed by atoms with Gasteiger partial charge in [0.05, 0.1) is 17.9 Å². The lowest BCUT2D eigenvalue weighted by atomic mass is 10.2. The molecule has 0 spiro atoms. The number of fused-ring (bicyclic) bond motifs is 1. The van der Waals surface area contributed by atoms with Gasteiger partial charge in [-0.2, -0.15) is 10.2 Å². The summed E-state index contributed by atoms with van der Waals surface area (Å²) in [6.45, 7) is 7.61. The lowest BCUT2D eigenvalue weighted by Crippen LogP contribution is -2.09. The van der Waals surface area contributed by atoms with Crippen LogP contribution in [0.25, 0.3) is 11.2 Å². The van der Waals surface area contributed by atoms with Crippen LogP contribution in [0.5, 0.6) is 0 Å². The molecule has 3 heterocycles. The van der Waals surface area contributed by atoms with Crippen LogP contribution in [0.4, 0.5) is 5.95 Å². The Balaban J connectivity index is 2.13. The minimum absolute atomic E-state index is 0.526. The number of nitrogen functional groups attached to an aromatic ring is 1. The molecule has 0 aliphatic rings. The smallest absolute Gasteiger partial charge is 0.202 e. The van der Waals surface area contributed by atoms with E-state index >= 15 is 0 Å². The molecule has 112 valence electrons. The van der Waals surface area contributed by atoms with E-state index in [1.54, 1.807) is 0 Å². The van der Waals surface area contributed by atoms with E-state index in [-0.39, 0.29) is 0 Å². The average Bonchev–Trinajstić information content (AvgIpc) is 3.06. The van der Waals surface area contributed by atoms with E-state index in [9.17, 15) is 0 Å². The number of hydrogen-bond acceptors (Lipinski definition) is 4. The Bertz CT molecular complexity index is 790. The second-order valence-electron chi connectivity index (χ2n) is 5.26. The van der Waals surface area contributed by atoms with Crippen LogP contribution in [-0.2, 0) is 26.6 Å². The number of nitrogens with zero attached hydrogens (tertiary/aromatic N) is 6. The van der Waals surface area contributed by atoms with Crippen molar-refractivity contribution < 1.29 is 0 Å². The molecule has 0 saturated carbocycles. The van der Waals surface area contributed by atoms with Crippen molar-refractivity contribution in [1.29, 1.82) is 0 Å². The molecular formula is C14H21N7. The first-order valence-corrected chi connectivity index (χ1v) is 7.25. The molecule has 0 aromatic carbocycles. The number of nitrogens with two attached hydrogens (primary N) is 1. The van der Waals surface area contributed by atoms with Crippen molar-refractivity contribution in [2.24, 2.45) is 7.05 Å². The lowest BCUT2D eigenvalue weighted by molar-refractivity contribution is 0.647. The molecule has 21 heavy (non-hydrogen) atoms. The Morgan fingerprint density at radius 3 is 2.67 bits per heavy atom. The quantitative estimate of drug-likeness (QED) is 0.788. The van der Waals surface area contributed by atoms with Gasteiger partial charge in [0, 0.05) is 25.4 Å². The summed E-state index contributed by atoms with van der Waals surface area (Å²) in [6, 6.07) is 0. The molecule has 0 unspecified atom stereocenters. The highest BCUT2D eigenvalue weighted by molar-refractivity contribution is 5.77. The molecule has 2 N–H and O–H groups in total. The monoisotopic (exact) mass is 287 g/mol. The van der Waals surface area contributed by atoms with Crippen molar-refractivity contribution in [2.75, 3.05) is 5.73 Å². The molecule has 7 heteroatoms. The van der Waals surface area contributed by atoms with Gasteiger partial charge in [0.2, 0.25) is 5.95 Å². The lowest BCUT2D eigenvalue weighted by Gasteiger charge is -2.07. The third-order valence-corrected chi connectivity index (χ3v) is 3.78. The summed E-state index contributed by atoms with van der Waals surface area (Å²) in [4.78, 5) is 4.47. The minimum Gasteiger partial charge on any atom is -0.369 e. The van der Waals surface area contributed by atoms with Gasteiger partial charge < -0.3 is 5.73 Å². The third kappa shape index (κ3) is 2.09. The number of aromatic nitrogens is 6. The number of anilines is 1. The van der Waals surface area contributed by atoms with E-state index in [1.807, 2.05) is 34.1 Å². The fraction of sp³-hybridized carbons (Fsp3) is 0.500. The Morgan fingerprint density at radius 2 is 2.00 bits per heavy atom. The Labute approximate surface area is 123 Å². The van der Waals surface area contributed by atoms with Crippen LogP contribution in [0, 0.1) is 6.92 Å². The van der Waals surface area contributed by atoms with E-state index in [0.717, 1.165) is 35.5 Å². The number of aryl methyl sites for hydroxylation is 4. The van der Waals surface area contributed by atoms with Crippen molar-refractivity contribution >= 4 is 17.1 Å². The number of rotatable bonds is 4. The predicted octanol–water partition coefficient (Wildman–Crippen LogP) is 1.49. The van der Waals surface area contributed by atoms with Gasteiger partial charge in [-0.15, -0.1) is 0 Å². The molecule has 3 aromatic heterocycles. The minimum atomic E-state index is 0.526. The van der Waals surface area contributed by atoms with Crippen LogP contribution in [-0.4, -0.2) is 29.1 Å². The molecule has 3 aromatic rings. The van der Waals surface area contributed by atoms with Crippen LogP contribution < -0.4 is 5.73 Å². The first kappa shape index (κ1) is 13.7. The van der Waals surface area contributed by atoms with Gasteiger partial charge in [0.15, 0.2) is 5.65 Å². The van der Waals surface area contributed by atoms with E-state index < -0.39 is 0 Å². The first-order chi connectivity index (χ1) is 10.0. The van der Waals surface area contributed by atoms with E-state index in [4.69, 9.17) is 5.73 Å². The molecule has 7 nitrogen and oxygen atoms in total. The van der Waals surface area contributed by atoms with E-state index in [1.165, 1.54) is 5.56 Å². The SMILES string of the molecule is CCc1nn(C)cc1Cn1c(N)nc2c(C)nn(CC)c21. The van der Waals surface area contributed by atoms with Gasteiger partial charge in [-0.3, -0.25) is 9.25 Å². The molecular weight excluding hydrogens is 266 g/mol. The highest BCUT2D eigenvalue weighted by Gasteiger charge is 2.18. The summed E-state index contributed by atoms with van der Waals surface area (Å²) in [5, 5.41) is 9.00. The van der Waals surface area contributed by atoms with Crippen molar-refractivity contribution in [1.82, 2.24) is 29.1 Å². The van der Waals surface area contributed by atoms with Gasteiger partial charge in [-0.25, -0.2) is 9.67 Å². The second-order valence-corrected chi connectivity index (χ2v) is 5.26. The molecule has 0 fully saturated rings. The third-order valence-electron chi connectivity index (χ3n) is 3.78. The van der Waals surface area contributed by atoms with E-state index in [2.05, 4.69) is 29.0 Å². The van der Waals surface area contributed by atoms with Gasteiger partial charge in [-0.05, 0) is 20.3 Å². The van der Waals surface area contributed by atoms with Gasteiger partial charge in [-0.1, -0.05) is 6.92 Å². The molecule has 0 bridgehead atoms. The fourth-order valence-corrected chi connectivity index (χ4v) is 2.80. The summed E-state index contributed by atoms with van der Waals surface area (Å²) in [5.74, 6) is 0.526. The second kappa shape index (κ2) is 4.91. The summed E-state index contributed by atoms with van der Waals surface area (Å²) in [5.41, 5.74) is 11.2. The Morgan fingerprint density at radius 1 is 1.24 bits per heavy atom. The normalized spacial score (nSPS) is 11.6. The molecule has 0 radical (unpaired) electrons. The zero-order valence-electron chi connectivity index (χ0n) is 13.0. The van der Waals surface area contributed by atoms with Crippen molar-refractivity contribution in [3.8, 4) is 0 Å². The van der Waals surface area contributed by atoms with Crippen LogP contribution >= 0.6 is 0 Å². The maximum atomic E-state index is 6.12. The average molecular weight is 287 g/mol. The van der Waals surface area contributed by atoms with Crippen molar-refractivity contribution in [3.05, 3.63) is 23.1 Å². The molecule has 3 rings (SSSR count). The van der Waals surface area contributed by atoms with Crippen molar-refractivity contribution in [3.63, 3.8) is 0 Å². The van der Waals surface area contributed by atoms with Crippen LogP contribution in [0.3, 0.4) is 0 Å². The van der Waals surface area contributed by atoms with Crippen LogP contribution in [0.2, 0.25) is 0 Å². The standard InChI is InChI=1S/C14H21N7/c1-5-11-10(7-19(4)18-11)8-20-13-12(16-14(20)15)9(3)17-21(13)6-2/h7H,5-6,8H2,1-4H3,(H2,15,16). The molecule has 0 aliphatic heterocycles. The highest BCUT2D eigenvalue weighted by atomic mass is 15.4. The van der Waals surface area contributed by atoms with Gasteiger partial charge in [0.25, 0.3) is 0 Å². The van der Waals surface area contributed by atoms with Crippen LogP contribution in [0.15, 0.2) is 6.20 Å². The Kier molecular flexibility index (Phi) is 3.19. The van der Waals surface area contributed by atoms with E-state index in [0.29, 0.717) is 12.5 Å². The first-order valence-electron chi connectivity index (χ1n) is 7.25. The molecule has 0 aliphatic carbocycles. The summed E-state index contributed by atoms with van der Waals surface area (Å²) < 4.78 is 5.83. The van der Waals surface area contributed by atoms with Gasteiger partial charge in [0.1, 0.15) is 5.52 Å². The largest absolute Gasteiger partial charge is 0.369 e. The predicted molar refractivity (Wildman–Crippen MR) is 82.0 cm³/mol.